The zero-order chi connectivity index (χ0) is 8.97. The minimum atomic E-state index is -0.710. The van der Waals surface area contributed by atoms with Gasteiger partial charge in [0, 0.05) is 6.61 Å². The highest BCUT2D eigenvalue weighted by Crippen LogP contribution is 2.25. The third-order valence-corrected chi connectivity index (χ3v) is 2.28. The Morgan fingerprint density at radius 3 is 2.92 bits per heavy atom. The Labute approximate surface area is 71.7 Å². The predicted molar refractivity (Wildman–Crippen MR) is 43.5 cm³/mol. The van der Waals surface area contributed by atoms with Gasteiger partial charge in [0.25, 0.3) is 0 Å². The third-order valence-electron chi connectivity index (χ3n) is 2.28. The fourth-order valence-corrected chi connectivity index (χ4v) is 1.68. The molecule has 0 radical (unpaired) electrons. The number of ether oxygens (including phenoxy) is 1. The first-order chi connectivity index (χ1) is 5.72. The van der Waals surface area contributed by atoms with Crippen LogP contribution >= 0.6 is 0 Å². The molecule has 1 rings (SSSR count). The maximum absolute atomic E-state index is 10.4. The number of hydrogen-bond acceptors (Lipinski definition) is 3. The van der Waals surface area contributed by atoms with Crippen LogP contribution in [-0.4, -0.2) is 23.9 Å². The van der Waals surface area contributed by atoms with E-state index in [0.717, 1.165) is 25.7 Å². The fourth-order valence-electron chi connectivity index (χ4n) is 1.68. The van der Waals surface area contributed by atoms with Gasteiger partial charge in [-0.2, -0.15) is 0 Å². The van der Waals surface area contributed by atoms with Crippen molar-refractivity contribution >= 4 is 6.09 Å². The van der Waals surface area contributed by atoms with Crippen LogP contribution in [0.1, 0.15) is 25.7 Å². The molecule has 0 aromatic rings. The van der Waals surface area contributed by atoms with E-state index in [1.807, 2.05) is 0 Å². The Morgan fingerprint density at radius 2 is 2.33 bits per heavy atom. The van der Waals surface area contributed by atoms with Crippen molar-refractivity contribution in [2.24, 2.45) is 11.7 Å². The van der Waals surface area contributed by atoms with Crippen LogP contribution in [0.15, 0.2) is 0 Å². The summed E-state index contributed by atoms with van der Waals surface area (Å²) in [7, 11) is 0. The molecule has 1 saturated carbocycles. The Balaban J connectivity index is 2.30. The van der Waals surface area contributed by atoms with Crippen LogP contribution < -0.4 is 5.73 Å². The number of amides is 1. The second-order valence-corrected chi connectivity index (χ2v) is 3.27. The summed E-state index contributed by atoms with van der Waals surface area (Å²) in [6.45, 7) is 0.179. The van der Waals surface area contributed by atoms with Crippen molar-refractivity contribution in [3.05, 3.63) is 0 Å². The van der Waals surface area contributed by atoms with Crippen molar-refractivity contribution in [3.63, 3.8) is 0 Å². The second kappa shape index (κ2) is 4.30. The normalized spacial score (nSPS) is 29.8. The summed E-state index contributed by atoms with van der Waals surface area (Å²) in [5, 5.41) is 8.87. The summed E-state index contributed by atoms with van der Waals surface area (Å²) in [6.07, 6.45) is 2.86. The van der Waals surface area contributed by atoms with E-state index < -0.39 is 6.09 Å². The number of aliphatic hydroxyl groups excluding tert-OH is 1. The number of nitrogens with two attached hydrogens (primary N) is 1. The molecule has 0 heterocycles. The van der Waals surface area contributed by atoms with Gasteiger partial charge in [-0.05, 0) is 31.6 Å². The lowest BCUT2D eigenvalue weighted by Gasteiger charge is -2.26. The van der Waals surface area contributed by atoms with Gasteiger partial charge in [-0.1, -0.05) is 0 Å². The van der Waals surface area contributed by atoms with E-state index in [0.29, 0.717) is 0 Å². The molecule has 70 valence electrons. The van der Waals surface area contributed by atoms with Crippen molar-refractivity contribution in [2.45, 2.75) is 31.8 Å². The smallest absolute Gasteiger partial charge is 0.404 e. The number of primary amides is 1. The Kier molecular flexibility index (Phi) is 3.34. The highest BCUT2D eigenvalue weighted by Gasteiger charge is 2.23. The Hall–Kier alpha value is -0.770. The van der Waals surface area contributed by atoms with Crippen LogP contribution in [0.2, 0.25) is 0 Å². The molecule has 0 bridgehead atoms. The summed E-state index contributed by atoms with van der Waals surface area (Å²) < 4.78 is 4.85. The lowest BCUT2D eigenvalue weighted by Crippen LogP contribution is -2.29. The van der Waals surface area contributed by atoms with Gasteiger partial charge in [0.1, 0.15) is 6.10 Å². The maximum atomic E-state index is 10.4. The van der Waals surface area contributed by atoms with Gasteiger partial charge in [-0.15, -0.1) is 0 Å². The van der Waals surface area contributed by atoms with Crippen LogP contribution in [0.3, 0.4) is 0 Å². The molecule has 1 amide bonds. The molecule has 1 fully saturated rings. The van der Waals surface area contributed by atoms with Gasteiger partial charge in [0.2, 0.25) is 0 Å². The lowest BCUT2D eigenvalue weighted by molar-refractivity contribution is 0.0517. The topological polar surface area (TPSA) is 72.6 Å². The molecule has 0 aromatic carbocycles. The first-order valence-electron chi connectivity index (χ1n) is 4.29. The van der Waals surface area contributed by atoms with Gasteiger partial charge >= 0.3 is 6.09 Å². The fraction of sp³-hybridized carbons (Fsp3) is 0.875. The van der Waals surface area contributed by atoms with Gasteiger partial charge in [0.15, 0.2) is 0 Å². The monoisotopic (exact) mass is 173 g/mol. The van der Waals surface area contributed by atoms with Crippen molar-refractivity contribution < 1.29 is 14.6 Å². The molecule has 3 N–H and O–H groups in total. The number of hydrogen-bond donors (Lipinski definition) is 2. The average molecular weight is 173 g/mol. The van der Waals surface area contributed by atoms with E-state index in [2.05, 4.69) is 0 Å². The van der Waals surface area contributed by atoms with E-state index in [4.69, 9.17) is 15.6 Å². The molecule has 4 nitrogen and oxygen atoms in total. The molecular formula is C8H15NO3. The highest BCUT2D eigenvalue weighted by molar-refractivity contribution is 5.64. The number of carbonyl (C=O) groups excluding carboxylic acids is 1. The van der Waals surface area contributed by atoms with Gasteiger partial charge in [-0.3, -0.25) is 0 Å². The van der Waals surface area contributed by atoms with Crippen molar-refractivity contribution in [3.8, 4) is 0 Å². The summed E-state index contributed by atoms with van der Waals surface area (Å²) in [5.41, 5.74) is 4.89. The largest absolute Gasteiger partial charge is 0.446 e. The summed E-state index contributed by atoms with van der Waals surface area (Å²) in [4.78, 5) is 10.4. The Morgan fingerprint density at radius 1 is 1.58 bits per heavy atom. The third kappa shape index (κ3) is 2.70. The van der Waals surface area contributed by atoms with E-state index in [9.17, 15) is 4.79 Å². The van der Waals surface area contributed by atoms with Crippen molar-refractivity contribution in [1.82, 2.24) is 0 Å². The van der Waals surface area contributed by atoms with Crippen molar-refractivity contribution in [1.29, 1.82) is 0 Å². The van der Waals surface area contributed by atoms with Gasteiger partial charge < -0.3 is 15.6 Å². The van der Waals surface area contributed by atoms with E-state index in [1.165, 1.54) is 0 Å². The summed E-state index contributed by atoms with van der Waals surface area (Å²) in [5.74, 6) is 0.281. The molecular weight excluding hydrogens is 158 g/mol. The zero-order valence-corrected chi connectivity index (χ0v) is 7.03. The van der Waals surface area contributed by atoms with Crippen LogP contribution in [0, 0.1) is 5.92 Å². The molecule has 4 heteroatoms. The number of carbonyl (C=O) groups is 1. The van der Waals surface area contributed by atoms with Crippen LogP contribution in [0.4, 0.5) is 4.79 Å². The van der Waals surface area contributed by atoms with Crippen LogP contribution in [0.5, 0.6) is 0 Å². The molecule has 0 saturated heterocycles. The standard InChI is InChI=1S/C8H15NO3/c9-8(11)12-7-3-1-2-6(4-7)5-10/h6-7,10H,1-5H2,(H2,9,11). The summed E-state index contributed by atoms with van der Waals surface area (Å²) >= 11 is 0. The zero-order valence-electron chi connectivity index (χ0n) is 7.03. The molecule has 0 spiro atoms. The minimum Gasteiger partial charge on any atom is -0.446 e. The summed E-state index contributed by atoms with van der Waals surface area (Å²) in [6, 6.07) is 0. The molecule has 1 aliphatic carbocycles. The maximum Gasteiger partial charge on any atom is 0.404 e. The van der Waals surface area contributed by atoms with E-state index >= 15 is 0 Å². The second-order valence-electron chi connectivity index (χ2n) is 3.27. The molecule has 0 aromatic heterocycles. The van der Waals surface area contributed by atoms with Gasteiger partial charge in [-0.25, -0.2) is 4.79 Å². The minimum absolute atomic E-state index is 0.0756. The number of rotatable bonds is 2. The van der Waals surface area contributed by atoms with Gasteiger partial charge in [0.05, 0.1) is 0 Å². The molecule has 12 heavy (non-hydrogen) atoms. The van der Waals surface area contributed by atoms with E-state index in [-0.39, 0.29) is 18.6 Å². The number of aliphatic hydroxyl groups is 1. The Bertz CT molecular complexity index is 160. The molecule has 2 atom stereocenters. The van der Waals surface area contributed by atoms with Crippen LogP contribution in [0.25, 0.3) is 0 Å². The van der Waals surface area contributed by atoms with Crippen molar-refractivity contribution in [2.75, 3.05) is 6.61 Å². The SMILES string of the molecule is NC(=O)OC1CCCC(CO)C1. The quantitative estimate of drug-likeness (QED) is 0.643. The first kappa shape index (κ1) is 9.32. The van der Waals surface area contributed by atoms with Crippen LogP contribution in [-0.2, 0) is 4.74 Å². The molecule has 0 aliphatic heterocycles. The highest BCUT2D eigenvalue weighted by atomic mass is 16.6. The predicted octanol–water partition coefficient (Wildman–Crippen LogP) is 0.633. The van der Waals surface area contributed by atoms with E-state index in [1.54, 1.807) is 0 Å². The lowest BCUT2D eigenvalue weighted by atomic mass is 9.88. The average Bonchev–Trinajstić information content (AvgIpc) is 2.03. The first-order valence-corrected chi connectivity index (χ1v) is 4.29. The molecule has 2 unspecified atom stereocenters. The molecule has 1 aliphatic rings.